The number of carbonyl (C=O) groups is 2. The van der Waals surface area contributed by atoms with Crippen LogP contribution in [0.25, 0.3) is 0 Å². The zero-order valence-corrected chi connectivity index (χ0v) is 11.1. The van der Waals surface area contributed by atoms with Crippen LogP contribution in [0.15, 0.2) is 0 Å². The Kier molecular flexibility index (Phi) is 1.82. The van der Waals surface area contributed by atoms with Crippen molar-refractivity contribution in [1.82, 2.24) is 9.80 Å². The minimum Gasteiger partial charge on any atom is -0.336 e. The van der Waals surface area contributed by atoms with Crippen LogP contribution in [0.4, 0.5) is 0 Å². The maximum absolute atomic E-state index is 12.7. The highest BCUT2D eigenvalue weighted by Gasteiger charge is 2.70. The number of ketones is 1. The summed E-state index contributed by atoms with van der Waals surface area (Å²) < 4.78 is 0. The molecular formula is C14H20N2O2. The normalized spacial score (nSPS) is 50.9. The number of likely N-dealkylation sites (N-methyl/N-ethyl adjacent to an activating group) is 1. The predicted molar refractivity (Wildman–Crippen MR) is 65.9 cm³/mol. The Hall–Kier alpha value is -0.900. The van der Waals surface area contributed by atoms with Crippen molar-refractivity contribution in [1.29, 1.82) is 0 Å². The molecule has 4 heteroatoms. The summed E-state index contributed by atoms with van der Waals surface area (Å²) in [5, 5.41) is 0. The van der Waals surface area contributed by atoms with E-state index >= 15 is 0 Å². The van der Waals surface area contributed by atoms with E-state index in [2.05, 4.69) is 11.8 Å². The molecule has 2 spiro atoms. The lowest BCUT2D eigenvalue weighted by molar-refractivity contribution is -0.181. The van der Waals surface area contributed by atoms with Crippen molar-refractivity contribution < 1.29 is 9.59 Å². The Morgan fingerprint density at radius 1 is 1.33 bits per heavy atom. The fourth-order valence-electron chi connectivity index (χ4n) is 5.23. The molecular weight excluding hydrogens is 228 g/mol. The molecule has 0 N–H and O–H groups in total. The van der Waals surface area contributed by atoms with Gasteiger partial charge in [0.15, 0.2) is 0 Å². The highest BCUT2D eigenvalue weighted by atomic mass is 16.2. The van der Waals surface area contributed by atoms with E-state index in [0.717, 1.165) is 32.4 Å². The topological polar surface area (TPSA) is 40.6 Å². The second-order valence-electron chi connectivity index (χ2n) is 6.77. The number of piperidine rings is 2. The molecule has 4 aliphatic heterocycles. The van der Waals surface area contributed by atoms with Crippen LogP contribution in [0.1, 0.15) is 32.6 Å². The van der Waals surface area contributed by atoms with E-state index < -0.39 is 0 Å². The lowest BCUT2D eigenvalue weighted by Gasteiger charge is -2.62. The first-order valence-electron chi connectivity index (χ1n) is 7.07. The van der Waals surface area contributed by atoms with Gasteiger partial charge >= 0.3 is 0 Å². The monoisotopic (exact) mass is 248 g/mol. The van der Waals surface area contributed by atoms with Gasteiger partial charge in [-0.05, 0) is 31.7 Å². The molecule has 0 radical (unpaired) electrons. The minimum absolute atomic E-state index is 0.139. The van der Waals surface area contributed by atoms with E-state index in [1.54, 1.807) is 0 Å². The zero-order chi connectivity index (χ0) is 12.7. The van der Waals surface area contributed by atoms with Crippen molar-refractivity contribution in [3.05, 3.63) is 0 Å². The van der Waals surface area contributed by atoms with Crippen LogP contribution in [0.5, 0.6) is 0 Å². The molecule has 4 heterocycles. The molecule has 0 aromatic heterocycles. The molecule has 2 bridgehead atoms. The molecule has 1 amide bonds. The first kappa shape index (κ1) is 11.0. The van der Waals surface area contributed by atoms with Gasteiger partial charge in [0, 0.05) is 25.9 Å². The molecule has 4 nitrogen and oxygen atoms in total. The fraction of sp³-hybridized carbons (Fsp3) is 0.857. The second-order valence-corrected chi connectivity index (χ2v) is 6.77. The van der Waals surface area contributed by atoms with Gasteiger partial charge in [-0.2, -0.15) is 0 Å². The Morgan fingerprint density at radius 3 is 2.89 bits per heavy atom. The molecule has 0 aromatic carbocycles. The number of piperazine rings is 1. The maximum atomic E-state index is 12.7. The van der Waals surface area contributed by atoms with Crippen molar-refractivity contribution in [2.45, 2.75) is 43.7 Å². The van der Waals surface area contributed by atoms with Crippen molar-refractivity contribution >= 4 is 11.7 Å². The van der Waals surface area contributed by atoms with Gasteiger partial charge in [-0.3, -0.25) is 14.5 Å². The highest BCUT2D eigenvalue weighted by Crippen LogP contribution is 2.58. The summed E-state index contributed by atoms with van der Waals surface area (Å²) >= 11 is 0. The summed E-state index contributed by atoms with van der Waals surface area (Å²) in [5.41, 5.74) is -0.431. The first-order valence-corrected chi connectivity index (χ1v) is 7.07. The zero-order valence-electron chi connectivity index (χ0n) is 11.1. The third-order valence-corrected chi connectivity index (χ3v) is 6.30. The quantitative estimate of drug-likeness (QED) is 0.632. The largest absolute Gasteiger partial charge is 0.336 e. The number of carbonyl (C=O) groups excluding carboxylic acids is 2. The van der Waals surface area contributed by atoms with Crippen molar-refractivity contribution in [2.24, 2.45) is 11.8 Å². The number of amides is 1. The Balaban J connectivity index is 1.88. The van der Waals surface area contributed by atoms with Crippen LogP contribution in [-0.4, -0.2) is 52.7 Å². The van der Waals surface area contributed by atoms with Crippen molar-refractivity contribution in [2.75, 3.05) is 20.1 Å². The van der Waals surface area contributed by atoms with Gasteiger partial charge < -0.3 is 4.90 Å². The number of nitrogens with zero attached hydrogens (tertiary/aromatic N) is 2. The average Bonchev–Trinajstić information content (AvgIpc) is 2.86. The van der Waals surface area contributed by atoms with Gasteiger partial charge in [-0.1, -0.05) is 6.92 Å². The van der Waals surface area contributed by atoms with Gasteiger partial charge in [0.05, 0.1) is 5.54 Å². The standard InChI is InChI=1S/C14H20N2O2/c1-9-10-6-13-4-3-5-16(13)8-14(10,7-11(9)17)15(2)12(13)18/h9-10H,3-8H2,1-2H3/t9?,10-,13?,14+/m1/s1. The van der Waals surface area contributed by atoms with Gasteiger partial charge in [-0.15, -0.1) is 0 Å². The van der Waals surface area contributed by atoms with Crippen LogP contribution in [0, 0.1) is 11.8 Å². The van der Waals surface area contributed by atoms with E-state index in [0.29, 0.717) is 18.1 Å². The summed E-state index contributed by atoms with van der Waals surface area (Å²) in [7, 11) is 1.93. The smallest absolute Gasteiger partial charge is 0.243 e. The van der Waals surface area contributed by atoms with Crippen molar-refractivity contribution in [3.63, 3.8) is 0 Å². The van der Waals surface area contributed by atoms with Crippen LogP contribution in [-0.2, 0) is 9.59 Å². The van der Waals surface area contributed by atoms with Gasteiger partial charge in [0.25, 0.3) is 0 Å². The Bertz CT molecular complexity index is 463. The number of hydrogen-bond donors (Lipinski definition) is 0. The Labute approximate surface area is 107 Å². The molecule has 0 aromatic rings. The summed E-state index contributed by atoms with van der Waals surface area (Å²) in [6.45, 7) is 4.03. The lowest BCUT2D eigenvalue weighted by Crippen LogP contribution is -2.78. The molecule has 5 fully saturated rings. The molecule has 5 rings (SSSR count). The molecule has 4 saturated heterocycles. The van der Waals surface area contributed by atoms with Crippen molar-refractivity contribution in [3.8, 4) is 0 Å². The van der Waals surface area contributed by atoms with E-state index in [9.17, 15) is 9.59 Å². The maximum Gasteiger partial charge on any atom is 0.243 e. The molecule has 2 unspecified atom stereocenters. The van der Waals surface area contributed by atoms with Crippen LogP contribution < -0.4 is 0 Å². The highest BCUT2D eigenvalue weighted by molar-refractivity contribution is 5.94. The molecule has 18 heavy (non-hydrogen) atoms. The average molecular weight is 248 g/mol. The van der Waals surface area contributed by atoms with Crippen LogP contribution >= 0.6 is 0 Å². The van der Waals surface area contributed by atoms with E-state index in [1.807, 2.05) is 11.9 Å². The molecule has 98 valence electrons. The van der Waals surface area contributed by atoms with Gasteiger partial charge in [-0.25, -0.2) is 0 Å². The molecule has 4 atom stereocenters. The number of hydrogen-bond acceptors (Lipinski definition) is 3. The summed E-state index contributed by atoms with van der Waals surface area (Å²) in [4.78, 5) is 29.2. The van der Waals surface area contributed by atoms with Crippen LogP contribution in [0.3, 0.4) is 0 Å². The first-order chi connectivity index (χ1) is 8.51. The minimum atomic E-state index is -0.250. The predicted octanol–water partition coefficient (Wildman–Crippen LogP) is 0.661. The molecule has 1 saturated carbocycles. The van der Waals surface area contributed by atoms with Crippen LogP contribution in [0.2, 0.25) is 0 Å². The SMILES string of the molecule is CC1C(=O)C[C@]23CN4CCCC4(C[C@H]12)C(=O)N3C. The fourth-order valence-corrected chi connectivity index (χ4v) is 5.23. The van der Waals surface area contributed by atoms with E-state index in [1.165, 1.54) is 0 Å². The van der Waals surface area contributed by atoms with E-state index in [-0.39, 0.29) is 22.9 Å². The number of fused-ring (bicyclic) bond motifs is 1. The summed E-state index contributed by atoms with van der Waals surface area (Å²) in [5.74, 6) is 1.17. The van der Waals surface area contributed by atoms with Gasteiger partial charge in [0.2, 0.25) is 5.91 Å². The lowest BCUT2D eigenvalue weighted by atomic mass is 9.64. The number of Topliss-reactive ketones (excluding diaryl/α,β-unsaturated/α-hetero) is 1. The molecule has 5 aliphatic rings. The summed E-state index contributed by atoms with van der Waals surface area (Å²) in [6.07, 6.45) is 3.62. The second kappa shape index (κ2) is 2.98. The van der Waals surface area contributed by atoms with Gasteiger partial charge in [0.1, 0.15) is 11.3 Å². The number of rotatable bonds is 0. The third kappa shape index (κ3) is 0.921. The molecule has 1 aliphatic carbocycles. The third-order valence-electron chi connectivity index (χ3n) is 6.30. The summed E-state index contributed by atoms with van der Waals surface area (Å²) in [6, 6.07) is 0. The Morgan fingerprint density at radius 2 is 2.11 bits per heavy atom. The van der Waals surface area contributed by atoms with E-state index in [4.69, 9.17) is 0 Å².